The van der Waals surface area contributed by atoms with Crippen LogP contribution < -0.4 is 14.8 Å². The number of hydrogen-bond donors (Lipinski definition) is 1. The Labute approximate surface area is 200 Å². The number of hydrogen-bond acceptors (Lipinski definition) is 3. The van der Waals surface area contributed by atoms with Gasteiger partial charge in [0.2, 0.25) is 0 Å². The van der Waals surface area contributed by atoms with Crippen molar-refractivity contribution in [1.29, 1.82) is 0 Å². The average Bonchev–Trinajstić information content (AvgIpc) is 2.71. The Morgan fingerprint density at radius 2 is 1.57 bits per heavy atom. The van der Waals surface area contributed by atoms with Gasteiger partial charge in [-0.25, -0.2) is 4.39 Å². The molecule has 3 nitrogen and oxygen atoms in total. The summed E-state index contributed by atoms with van der Waals surface area (Å²) in [5.41, 5.74) is 2.94. The fourth-order valence-corrected chi connectivity index (χ4v) is 3.68. The van der Waals surface area contributed by atoms with Gasteiger partial charge in [0.1, 0.15) is 12.4 Å². The SMILES string of the molecule is COc1cc(CNCc2ccc(F)cc2)cc(Br)c1OCc1ccc(Cl)c(Cl)c1.Cl. The second-order valence-electron chi connectivity index (χ2n) is 6.38. The van der Waals surface area contributed by atoms with E-state index in [4.69, 9.17) is 32.7 Å². The minimum Gasteiger partial charge on any atom is -0.493 e. The summed E-state index contributed by atoms with van der Waals surface area (Å²) >= 11 is 15.6. The molecule has 30 heavy (non-hydrogen) atoms. The molecule has 0 radical (unpaired) electrons. The summed E-state index contributed by atoms with van der Waals surface area (Å²) in [5, 5.41) is 4.33. The third-order valence-electron chi connectivity index (χ3n) is 4.23. The van der Waals surface area contributed by atoms with Gasteiger partial charge in [0, 0.05) is 13.1 Å². The topological polar surface area (TPSA) is 30.5 Å². The Bertz CT molecular complexity index is 987. The van der Waals surface area contributed by atoms with Crippen molar-refractivity contribution in [1.82, 2.24) is 5.32 Å². The van der Waals surface area contributed by atoms with Gasteiger partial charge in [-0.2, -0.15) is 0 Å². The molecule has 0 bridgehead atoms. The van der Waals surface area contributed by atoms with Crippen molar-refractivity contribution in [2.45, 2.75) is 19.7 Å². The minimum atomic E-state index is -0.237. The first kappa shape index (κ1) is 24.8. The molecule has 160 valence electrons. The molecule has 0 aliphatic heterocycles. The van der Waals surface area contributed by atoms with Crippen LogP contribution in [0.25, 0.3) is 0 Å². The van der Waals surface area contributed by atoms with Crippen LogP contribution in [-0.2, 0) is 19.7 Å². The van der Waals surface area contributed by atoms with Gasteiger partial charge in [-0.3, -0.25) is 0 Å². The highest BCUT2D eigenvalue weighted by atomic mass is 79.9. The monoisotopic (exact) mass is 533 g/mol. The molecule has 0 spiro atoms. The van der Waals surface area contributed by atoms with Crippen LogP contribution in [0.4, 0.5) is 4.39 Å². The largest absolute Gasteiger partial charge is 0.493 e. The van der Waals surface area contributed by atoms with E-state index in [-0.39, 0.29) is 18.2 Å². The predicted molar refractivity (Wildman–Crippen MR) is 126 cm³/mol. The first-order valence-corrected chi connectivity index (χ1v) is 10.4. The molecule has 0 heterocycles. The van der Waals surface area contributed by atoms with Crippen LogP contribution in [0.5, 0.6) is 11.5 Å². The lowest BCUT2D eigenvalue weighted by molar-refractivity contribution is 0.282. The Balaban J connectivity index is 0.00000320. The molecule has 0 saturated carbocycles. The summed E-state index contributed by atoms with van der Waals surface area (Å²) in [7, 11) is 1.60. The first-order valence-electron chi connectivity index (χ1n) is 8.84. The lowest BCUT2D eigenvalue weighted by atomic mass is 10.1. The van der Waals surface area contributed by atoms with E-state index in [0.29, 0.717) is 41.2 Å². The van der Waals surface area contributed by atoms with Gasteiger partial charge in [0.25, 0.3) is 0 Å². The van der Waals surface area contributed by atoms with E-state index >= 15 is 0 Å². The van der Waals surface area contributed by atoms with Gasteiger partial charge in [0.15, 0.2) is 11.5 Å². The molecule has 0 amide bonds. The quantitative estimate of drug-likeness (QED) is 0.331. The lowest BCUT2D eigenvalue weighted by Crippen LogP contribution is -2.13. The van der Waals surface area contributed by atoms with Gasteiger partial charge in [-0.1, -0.05) is 41.4 Å². The first-order chi connectivity index (χ1) is 14.0. The zero-order valence-electron chi connectivity index (χ0n) is 16.1. The highest BCUT2D eigenvalue weighted by Crippen LogP contribution is 2.37. The van der Waals surface area contributed by atoms with E-state index in [1.165, 1.54) is 12.1 Å². The molecular formula is C22H20BrCl3FNO2. The number of nitrogens with one attached hydrogen (secondary N) is 1. The van der Waals surface area contributed by atoms with Crippen LogP contribution in [0.3, 0.4) is 0 Å². The predicted octanol–water partition coefficient (Wildman–Crippen LogP) is 7.19. The third kappa shape index (κ3) is 6.76. The molecule has 0 unspecified atom stereocenters. The van der Waals surface area contributed by atoms with Crippen LogP contribution in [0.1, 0.15) is 16.7 Å². The molecule has 3 aromatic rings. The van der Waals surface area contributed by atoms with Crippen LogP contribution in [0.2, 0.25) is 10.0 Å². The Kier molecular flexibility index (Phi) is 9.72. The fourth-order valence-electron chi connectivity index (χ4n) is 2.75. The molecule has 0 saturated heterocycles. The minimum absolute atomic E-state index is 0. The number of halogens is 5. The van der Waals surface area contributed by atoms with Crippen molar-refractivity contribution < 1.29 is 13.9 Å². The van der Waals surface area contributed by atoms with Gasteiger partial charge >= 0.3 is 0 Å². The summed E-state index contributed by atoms with van der Waals surface area (Å²) in [6, 6.07) is 15.7. The number of benzene rings is 3. The molecule has 3 rings (SSSR count). The summed E-state index contributed by atoms with van der Waals surface area (Å²) in [6.45, 7) is 1.59. The van der Waals surface area contributed by atoms with E-state index in [1.807, 2.05) is 18.2 Å². The third-order valence-corrected chi connectivity index (χ3v) is 5.56. The van der Waals surface area contributed by atoms with Gasteiger partial charge in [0.05, 0.1) is 21.6 Å². The number of ether oxygens (including phenoxy) is 2. The van der Waals surface area contributed by atoms with Crippen LogP contribution in [-0.4, -0.2) is 7.11 Å². The summed E-state index contributed by atoms with van der Waals surface area (Å²) in [5.74, 6) is 0.998. The normalized spacial score (nSPS) is 10.4. The second kappa shape index (κ2) is 11.8. The van der Waals surface area contributed by atoms with E-state index in [2.05, 4.69) is 21.2 Å². The van der Waals surface area contributed by atoms with Crippen molar-refractivity contribution in [3.63, 3.8) is 0 Å². The number of rotatable bonds is 8. The summed E-state index contributed by atoms with van der Waals surface area (Å²) in [6.07, 6.45) is 0. The zero-order chi connectivity index (χ0) is 20.8. The molecule has 0 aliphatic carbocycles. The van der Waals surface area contributed by atoms with Crippen molar-refractivity contribution in [2.75, 3.05) is 7.11 Å². The van der Waals surface area contributed by atoms with E-state index < -0.39 is 0 Å². The smallest absolute Gasteiger partial charge is 0.175 e. The van der Waals surface area contributed by atoms with E-state index in [1.54, 1.807) is 31.4 Å². The highest BCUT2D eigenvalue weighted by Gasteiger charge is 2.12. The van der Waals surface area contributed by atoms with Crippen molar-refractivity contribution in [2.24, 2.45) is 0 Å². The Hall–Kier alpha value is -1.50. The molecule has 1 N–H and O–H groups in total. The van der Waals surface area contributed by atoms with Gasteiger partial charge < -0.3 is 14.8 Å². The van der Waals surface area contributed by atoms with Crippen molar-refractivity contribution >= 4 is 51.5 Å². The zero-order valence-corrected chi connectivity index (χ0v) is 20.0. The van der Waals surface area contributed by atoms with Crippen LogP contribution in [0.15, 0.2) is 59.1 Å². The maximum absolute atomic E-state index is 13.0. The van der Waals surface area contributed by atoms with Crippen molar-refractivity contribution in [3.8, 4) is 11.5 Å². The Morgan fingerprint density at radius 3 is 2.23 bits per heavy atom. The molecule has 0 aliphatic rings. The van der Waals surface area contributed by atoms with Crippen LogP contribution >= 0.6 is 51.5 Å². The molecular weight excluding hydrogens is 516 g/mol. The van der Waals surface area contributed by atoms with Gasteiger partial charge in [-0.15, -0.1) is 12.4 Å². The number of methoxy groups -OCH3 is 1. The molecule has 0 fully saturated rings. The molecule has 8 heteroatoms. The fraction of sp³-hybridized carbons (Fsp3) is 0.182. The summed E-state index contributed by atoms with van der Waals surface area (Å²) in [4.78, 5) is 0. The Morgan fingerprint density at radius 1 is 0.900 bits per heavy atom. The average molecular weight is 536 g/mol. The molecule has 3 aromatic carbocycles. The maximum Gasteiger partial charge on any atom is 0.175 e. The molecule has 0 aromatic heterocycles. The molecule has 0 atom stereocenters. The van der Waals surface area contributed by atoms with Crippen molar-refractivity contribution in [3.05, 3.63) is 91.6 Å². The lowest BCUT2D eigenvalue weighted by Gasteiger charge is -2.15. The summed E-state index contributed by atoms with van der Waals surface area (Å²) < 4.78 is 25.2. The van der Waals surface area contributed by atoms with E-state index in [9.17, 15) is 4.39 Å². The van der Waals surface area contributed by atoms with Gasteiger partial charge in [-0.05, 0) is 69.0 Å². The standard InChI is InChI=1S/C22H19BrCl2FNO2.ClH/c1-28-21-10-16(12-27-11-14-2-5-17(26)6-3-14)8-18(23)22(21)29-13-15-4-7-19(24)20(25)9-15;/h2-10,27H,11-13H2,1H3;1H. The second-order valence-corrected chi connectivity index (χ2v) is 8.04. The van der Waals surface area contributed by atoms with E-state index in [0.717, 1.165) is 21.2 Å². The maximum atomic E-state index is 13.0. The highest BCUT2D eigenvalue weighted by molar-refractivity contribution is 9.10. The van der Waals surface area contributed by atoms with Crippen LogP contribution in [0, 0.1) is 5.82 Å².